The molecule has 0 aliphatic carbocycles. The Morgan fingerprint density at radius 2 is 1.85 bits per heavy atom. The number of aromatic nitrogens is 3. The predicted molar refractivity (Wildman–Crippen MR) is 106 cm³/mol. The fourth-order valence-corrected chi connectivity index (χ4v) is 3.70. The molecule has 0 amide bonds. The van der Waals surface area contributed by atoms with E-state index in [4.69, 9.17) is 28.9 Å². The quantitative estimate of drug-likeness (QED) is 0.671. The minimum atomic E-state index is 0.0386. The molecule has 5 nitrogen and oxygen atoms in total. The summed E-state index contributed by atoms with van der Waals surface area (Å²) in [6.45, 7) is 2.15. The number of hydrogen-bond donors (Lipinski definition) is 2. The number of hydrogen-bond acceptors (Lipinski definition) is 4. The molecular formula is C19H19Cl2N5. The van der Waals surface area contributed by atoms with Crippen molar-refractivity contribution in [1.82, 2.24) is 14.8 Å². The van der Waals surface area contributed by atoms with Gasteiger partial charge >= 0.3 is 0 Å². The van der Waals surface area contributed by atoms with E-state index in [1.54, 1.807) is 0 Å². The summed E-state index contributed by atoms with van der Waals surface area (Å²) in [6.07, 6.45) is 1.82. The van der Waals surface area contributed by atoms with Gasteiger partial charge in [-0.3, -0.25) is 0 Å². The standard InChI is InChI=1S/C19H19Cl2N5/c1-2-11-3-5-12(6-4-11)17-10-16(13-7-8-14(20)15(21)9-13)23-19-24-18(22)25-26(17)19/h3-9,16-17H,2,10H2,1H3,(H3,22,23,24,25)/t16-,17+/m1/s1. The number of aryl methyl sites for hydroxylation is 1. The molecule has 0 saturated carbocycles. The van der Waals surface area contributed by atoms with Crippen molar-refractivity contribution in [2.24, 2.45) is 0 Å². The Labute approximate surface area is 162 Å². The SMILES string of the molecule is CCc1ccc([C@@H]2C[C@H](c3ccc(Cl)c(Cl)c3)Nc3nc(N)nn32)cc1. The maximum atomic E-state index is 6.21. The summed E-state index contributed by atoms with van der Waals surface area (Å²) >= 11 is 12.3. The minimum Gasteiger partial charge on any atom is -0.366 e. The molecule has 1 aromatic heterocycles. The van der Waals surface area contributed by atoms with Gasteiger partial charge in [0.05, 0.1) is 22.1 Å². The Hall–Kier alpha value is -2.24. The average Bonchev–Trinajstić information content (AvgIpc) is 3.03. The zero-order valence-electron chi connectivity index (χ0n) is 14.3. The van der Waals surface area contributed by atoms with E-state index in [0.717, 1.165) is 18.4 Å². The highest BCUT2D eigenvalue weighted by atomic mass is 35.5. The van der Waals surface area contributed by atoms with E-state index >= 15 is 0 Å². The third-order valence-electron chi connectivity index (χ3n) is 4.82. The summed E-state index contributed by atoms with van der Waals surface area (Å²) in [6, 6.07) is 14.4. The molecule has 0 radical (unpaired) electrons. The Balaban J connectivity index is 1.73. The van der Waals surface area contributed by atoms with Gasteiger partial charge in [-0.1, -0.05) is 60.5 Å². The molecule has 26 heavy (non-hydrogen) atoms. The largest absolute Gasteiger partial charge is 0.366 e. The first kappa shape index (κ1) is 17.2. The lowest BCUT2D eigenvalue weighted by Gasteiger charge is -2.32. The molecule has 3 aromatic rings. The van der Waals surface area contributed by atoms with E-state index in [0.29, 0.717) is 16.0 Å². The average molecular weight is 388 g/mol. The van der Waals surface area contributed by atoms with Crippen molar-refractivity contribution in [3.05, 3.63) is 69.2 Å². The molecule has 2 heterocycles. The zero-order chi connectivity index (χ0) is 18.3. The van der Waals surface area contributed by atoms with Crippen LogP contribution in [0.2, 0.25) is 10.0 Å². The number of fused-ring (bicyclic) bond motifs is 1. The highest BCUT2D eigenvalue weighted by Gasteiger charge is 2.31. The second-order valence-corrected chi connectivity index (χ2v) is 7.27. The van der Waals surface area contributed by atoms with Crippen molar-refractivity contribution in [3.8, 4) is 0 Å². The van der Waals surface area contributed by atoms with Crippen LogP contribution >= 0.6 is 23.2 Å². The van der Waals surface area contributed by atoms with E-state index in [9.17, 15) is 0 Å². The van der Waals surface area contributed by atoms with Crippen LogP contribution < -0.4 is 11.1 Å². The maximum Gasteiger partial charge on any atom is 0.241 e. The van der Waals surface area contributed by atoms with Gasteiger partial charge in [0, 0.05) is 0 Å². The normalized spacial score (nSPS) is 19.0. The molecule has 4 rings (SSSR count). The molecule has 0 fully saturated rings. The second kappa shape index (κ2) is 6.82. The molecule has 1 aliphatic heterocycles. The second-order valence-electron chi connectivity index (χ2n) is 6.46. The number of nitrogens with one attached hydrogen (secondary N) is 1. The number of anilines is 2. The van der Waals surface area contributed by atoms with Crippen LogP contribution in [0.3, 0.4) is 0 Å². The van der Waals surface area contributed by atoms with Crippen molar-refractivity contribution in [3.63, 3.8) is 0 Å². The van der Waals surface area contributed by atoms with Gasteiger partial charge in [0.1, 0.15) is 0 Å². The molecule has 0 unspecified atom stereocenters. The maximum absolute atomic E-state index is 6.21. The number of nitrogens with two attached hydrogens (primary N) is 1. The molecule has 7 heteroatoms. The Morgan fingerprint density at radius 3 is 2.54 bits per heavy atom. The van der Waals surface area contributed by atoms with Crippen LogP contribution in [0.25, 0.3) is 0 Å². The summed E-state index contributed by atoms with van der Waals surface area (Å²) in [7, 11) is 0. The highest BCUT2D eigenvalue weighted by Crippen LogP contribution is 2.39. The Morgan fingerprint density at radius 1 is 1.12 bits per heavy atom. The first-order chi connectivity index (χ1) is 12.5. The topological polar surface area (TPSA) is 68.8 Å². The molecular weight excluding hydrogens is 369 g/mol. The van der Waals surface area contributed by atoms with Crippen LogP contribution in [0.1, 0.15) is 42.1 Å². The van der Waals surface area contributed by atoms with Crippen LogP contribution in [-0.4, -0.2) is 14.8 Å². The van der Waals surface area contributed by atoms with E-state index in [1.165, 1.54) is 11.1 Å². The summed E-state index contributed by atoms with van der Waals surface area (Å²) < 4.78 is 1.87. The van der Waals surface area contributed by atoms with Crippen LogP contribution in [-0.2, 0) is 6.42 Å². The summed E-state index contributed by atoms with van der Waals surface area (Å²) in [5, 5.41) is 8.89. The summed E-state index contributed by atoms with van der Waals surface area (Å²) in [5.41, 5.74) is 9.40. The molecule has 0 spiro atoms. The lowest BCUT2D eigenvalue weighted by Crippen LogP contribution is -2.28. The van der Waals surface area contributed by atoms with Gasteiger partial charge < -0.3 is 11.1 Å². The molecule has 3 N–H and O–H groups in total. The Bertz CT molecular complexity index is 936. The van der Waals surface area contributed by atoms with E-state index in [1.807, 2.05) is 22.9 Å². The molecule has 0 bridgehead atoms. The first-order valence-electron chi connectivity index (χ1n) is 8.57. The minimum absolute atomic E-state index is 0.0386. The summed E-state index contributed by atoms with van der Waals surface area (Å²) in [4.78, 5) is 4.34. The van der Waals surface area contributed by atoms with Crippen molar-refractivity contribution in [2.75, 3.05) is 11.1 Å². The van der Waals surface area contributed by atoms with Crippen molar-refractivity contribution in [1.29, 1.82) is 0 Å². The fourth-order valence-electron chi connectivity index (χ4n) is 3.39. The van der Waals surface area contributed by atoms with E-state index in [2.05, 4.69) is 46.6 Å². The highest BCUT2D eigenvalue weighted by molar-refractivity contribution is 6.42. The Kier molecular flexibility index (Phi) is 4.51. The van der Waals surface area contributed by atoms with Crippen molar-refractivity contribution >= 4 is 35.1 Å². The molecule has 2 aromatic carbocycles. The molecule has 0 saturated heterocycles. The van der Waals surface area contributed by atoms with Gasteiger partial charge in [0.15, 0.2) is 0 Å². The van der Waals surface area contributed by atoms with Gasteiger partial charge in [0.25, 0.3) is 0 Å². The number of nitrogens with zero attached hydrogens (tertiary/aromatic N) is 3. The number of benzene rings is 2. The zero-order valence-corrected chi connectivity index (χ0v) is 15.8. The first-order valence-corrected chi connectivity index (χ1v) is 9.33. The van der Waals surface area contributed by atoms with Gasteiger partial charge in [-0.05, 0) is 41.7 Å². The van der Waals surface area contributed by atoms with Crippen LogP contribution in [0.4, 0.5) is 11.9 Å². The smallest absolute Gasteiger partial charge is 0.241 e. The number of nitrogen functional groups attached to an aromatic ring is 1. The van der Waals surface area contributed by atoms with Crippen molar-refractivity contribution in [2.45, 2.75) is 31.8 Å². The summed E-state index contributed by atoms with van der Waals surface area (Å²) in [5.74, 6) is 0.923. The van der Waals surface area contributed by atoms with Crippen LogP contribution in [0, 0.1) is 0 Å². The van der Waals surface area contributed by atoms with E-state index in [-0.39, 0.29) is 18.0 Å². The van der Waals surface area contributed by atoms with Gasteiger partial charge in [-0.2, -0.15) is 4.98 Å². The van der Waals surface area contributed by atoms with Gasteiger partial charge in [0.2, 0.25) is 11.9 Å². The third-order valence-corrected chi connectivity index (χ3v) is 5.56. The van der Waals surface area contributed by atoms with Gasteiger partial charge in [-0.15, -0.1) is 5.10 Å². The van der Waals surface area contributed by atoms with Crippen LogP contribution in [0.5, 0.6) is 0 Å². The molecule has 134 valence electrons. The number of halogens is 2. The van der Waals surface area contributed by atoms with Crippen molar-refractivity contribution < 1.29 is 0 Å². The van der Waals surface area contributed by atoms with E-state index < -0.39 is 0 Å². The van der Waals surface area contributed by atoms with Gasteiger partial charge in [-0.25, -0.2) is 4.68 Å². The molecule has 2 atom stereocenters. The molecule has 1 aliphatic rings. The lowest BCUT2D eigenvalue weighted by molar-refractivity contribution is 0.431. The third kappa shape index (κ3) is 3.13. The fraction of sp³-hybridized carbons (Fsp3) is 0.263. The predicted octanol–water partition coefficient (Wildman–Crippen LogP) is 4.88. The van der Waals surface area contributed by atoms with Crippen LogP contribution in [0.15, 0.2) is 42.5 Å². The lowest BCUT2D eigenvalue weighted by atomic mass is 9.93. The monoisotopic (exact) mass is 387 g/mol. The number of rotatable bonds is 3.